The predicted octanol–water partition coefficient (Wildman–Crippen LogP) is 5.59. The maximum absolute atomic E-state index is 13.7. The van der Waals surface area contributed by atoms with E-state index in [9.17, 15) is 18.0 Å². The topological polar surface area (TPSA) is 86.8 Å². The molecule has 2 amide bonds. The fourth-order valence-corrected chi connectivity index (χ4v) is 6.15. The number of sulfonamides is 1. The number of nitrogens with zero attached hydrogens (tertiary/aromatic N) is 2. The molecule has 1 aliphatic carbocycles. The standard InChI is InChI=1S/C26H32Cl3N3O4S/c1-17-14-19(27)12-13-24(17)32(37(3,35)36)16-25(33)31(15-21-22(28)10-7-11-23(21)29)18(2)26(34)30-20-8-5-4-6-9-20/h7,10-14,18,20H,4-6,8-9,15-16H2,1-3H3,(H,30,34). The van der Waals surface area contributed by atoms with E-state index >= 15 is 0 Å². The van der Waals surface area contributed by atoms with Gasteiger partial charge in [-0.3, -0.25) is 13.9 Å². The van der Waals surface area contributed by atoms with Gasteiger partial charge in [0.05, 0.1) is 11.9 Å². The Morgan fingerprint density at radius 1 is 1.05 bits per heavy atom. The SMILES string of the molecule is Cc1cc(Cl)ccc1N(CC(=O)N(Cc1c(Cl)cccc1Cl)C(C)C(=O)NC1CCCCC1)S(C)(=O)=O. The van der Waals surface area contributed by atoms with Crippen molar-refractivity contribution >= 4 is 62.3 Å². The quantitative estimate of drug-likeness (QED) is 0.414. The van der Waals surface area contributed by atoms with Crippen LogP contribution in [0.1, 0.15) is 50.2 Å². The predicted molar refractivity (Wildman–Crippen MR) is 150 cm³/mol. The van der Waals surface area contributed by atoms with Crippen molar-refractivity contribution in [3.05, 3.63) is 62.6 Å². The van der Waals surface area contributed by atoms with Crippen LogP contribution in [0.25, 0.3) is 0 Å². The van der Waals surface area contributed by atoms with Gasteiger partial charge in [-0.15, -0.1) is 0 Å². The molecule has 0 spiro atoms. The molecule has 2 aromatic carbocycles. The Labute approximate surface area is 234 Å². The molecule has 0 saturated heterocycles. The van der Waals surface area contributed by atoms with Crippen LogP contribution in [0.2, 0.25) is 15.1 Å². The Morgan fingerprint density at radius 3 is 2.24 bits per heavy atom. The number of nitrogens with one attached hydrogen (secondary N) is 1. The van der Waals surface area contributed by atoms with Crippen LogP contribution in [0.3, 0.4) is 0 Å². The summed E-state index contributed by atoms with van der Waals surface area (Å²) in [6.45, 7) is 2.77. The molecule has 1 aliphatic rings. The molecular weight excluding hydrogens is 557 g/mol. The monoisotopic (exact) mass is 587 g/mol. The molecule has 0 heterocycles. The highest BCUT2D eigenvalue weighted by atomic mass is 35.5. The summed E-state index contributed by atoms with van der Waals surface area (Å²) >= 11 is 18.8. The highest BCUT2D eigenvalue weighted by Gasteiger charge is 2.32. The molecule has 202 valence electrons. The van der Waals surface area contributed by atoms with Gasteiger partial charge in [0.15, 0.2) is 0 Å². The van der Waals surface area contributed by atoms with Crippen LogP contribution in [-0.4, -0.2) is 50.0 Å². The fourth-order valence-electron chi connectivity index (χ4n) is 4.50. The number of aryl methyl sites for hydroxylation is 1. The molecule has 7 nitrogen and oxygen atoms in total. The zero-order chi connectivity index (χ0) is 27.3. The molecule has 2 aromatic rings. The summed E-state index contributed by atoms with van der Waals surface area (Å²) in [6.07, 6.45) is 6.04. The Bertz CT molecular complexity index is 1230. The largest absolute Gasteiger partial charge is 0.352 e. The van der Waals surface area contributed by atoms with Gasteiger partial charge in [-0.2, -0.15) is 0 Å². The molecular formula is C26H32Cl3N3O4S. The normalized spacial score (nSPS) is 15.2. The minimum absolute atomic E-state index is 0.0498. The molecule has 1 unspecified atom stereocenters. The molecule has 37 heavy (non-hydrogen) atoms. The first-order chi connectivity index (χ1) is 17.4. The summed E-state index contributed by atoms with van der Waals surface area (Å²) in [6, 6.07) is 8.89. The third-order valence-corrected chi connectivity index (χ3v) is 8.69. The van der Waals surface area contributed by atoms with Crippen LogP contribution in [0.15, 0.2) is 36.4 Å². The van der Waals surface area contributed by atoms with Crippen molar-refractivity contribution < 1.29 is 18.0 Å². The lowest BCUT2D eigenvalue weighted by atomic mass is 9.95. The highest BCUT2D eigenvalue weighted by Crippen LogP contribution is 2.29. The number of anilines is 1. The van der Waals surface area contributed by atoms with E-state index in [1.807, 2.05) is 0 Å². The fraction of sp³-hybridized carbons (Fsp3) is 0.462. The lowest BCUT2D eigenvalue weighted by Gasteiger charge is -2.33. The zero-order valence-electron chi connectivity index (χ0n) is 21.1. The summed E-state index contributed by atoms with van der Waals surface area (Å²) in [4.78, 5) is 28.3. The van der Waals surface area contributed by atoms with Crippen molar-refractivity contribution in [3.8, 4) is 0 Å². The number of hydrogen-bond acceptors (Lipinski definition) is 4. The molecule has 1 atom stereocenters. The van der Waals surface area contributed by atoms with Gasteiger partial charge in [-0.25, -0.2) is 8.42 Å². The minimum atomic E-state index is -3.85. The average molecular weight is 589 g/mol. The Morgan fingerprint density at radius 2 is 1.68 bits per heavy atom. The number of hydrogen-bond donors (Lipinski definition) is 1. The third-order valence-electron chi connectivity index (χ3n) is 6.62. The minimum Gasteiger partial charge on any atom is -0.352 e. The van der Waals surface area contributed by atoms with Crippen molar-refractivity contribution in [1.29, 1.82) is 0 Å². The van der Waals surface area contributed by atoms with Crippen molar-refractivity contribution in [2.24, 2.45) is 0 Å². The number of rotatable bonds is 9. The van der Waals surface area contributed by atoms with Gasteiger partial charge in [0.25, 0.3) is 0 Å². The molecule has 0 aliphatic heterocycles. The summed E-state index contributed by atoms with van der Waals surface area (Å²) in [5, 5.41) is 4.19. The van der Waals surface area contributed by atoms with E-state index in [4.69, 9.17) is 34.8 Å². The second kappa shape index (κ2) is 12.7. The van der Waals surface area contributed by atoms with Gasteiger partial charge in [-0.05, 0) is 62.6 Å². The van der Waals surface area contributed by atoms with E-state index < -0.39 is 28.5 Å². The number of halogens is 3. The maximum atomic E-state index is 13.7. The van der Waals surface area contributed by atoms with Gasteiger partial charge < -0.3 is 10.2 Å². The Balaban J connectivity index is 1.94. The van der Waals surface area contributed by atoms with E-state index in [1.54, 1.807) is 50.2 Å². The van der Waals surface area contributed by atoms with Crippen LogP contribution in [-0.2, 0) is 26.2 Å². The van der Waals surface area contributed by atoms with Gasteiger partial charge in [0, 0.05) is 33.2 Å². The van der Waals surface area contributed by atoms with Crippen molar-refractivity contribution in [2.75, 3.05) is 17.1 Å². The van der Waals surface area contributed by atoms with Gasteiger partial charge in [-0.1, -0.05) is 60.1 Å². The van der Waals surface area contributed by atoms with Crippen LogP contribution in [0.4, 0.5) is 5.69 Å². The number of amides is 2. The lowest BCUT2D eigenvalue weighted by Crippen LogP contribution is -2.53. The molecule has 11 heteroatoms. The summed E-state index contributed by atoms with van der Waals surface area (Å²) in [5.41, 5.74) is 1.40. The van der Waals surface area contributed by atoms with Crippen LogP contribution in [0, 0.1) is 6.92 Å². The first kappa shape index (κ1) is 29.6. The van der Waals surface area contributed by atoms with E-state index in [0.29, 0.717) is 31.9 Å². The first-order valence-corrected chi connectivity index (χ1v) is 15.1. The Hall–Kier alpha value is -2.00. The summed E-state index contributed by atoms with van der Waals surface area (Å²) in [7, 11) is -3.85. The molecule has 0 radical (unpaired) electrons. The second-order valence-electron chi connectivity index (χ2n) is 9.44. The van der Waals surface area contributed by atoms with Crippen LogP contribution in [0.5, 0.6) is 0 Å². The van der Waals surface area contributed by atoms with Crippen LogP contribution < -0.4 is 9.62 Å². The zero-order valence-corrected chi connectivity index (χ0v) is 24.2. The molecule has 0 aromatic heterocycles. The number of carbonyl (C=O) groups excluding carboxylic acids is 2. The van der Waals surface area contributed by atoms with Crippen molar-refractivity contribution in [1.82, 2.24) is 10.2 Å². The molecule has 0 bridgehead atoms. The molecule has 1 saturated carbocycles. The van der Waals surface area contributed by atoms with E-state index in [2.05, 4.69) is 5.32 Å². The lowest BCUT2D eigenvalue weighted by molar-refractivity contribution is -0.139. The molecule has 1 fully saturated rings. The maximum Gasteiger partial charge on any atom is 0.244 e. The van der Waals surface area contributed by atoms with Gasteiger partial charge in [0.2, 0.25) is 21.8 Å². The van der Waals surface area contributed by atoms with Gasteiger partial charge in [0.1, 0.15) is 12.6 Å². The van der Waals surface area contributed by atoms with Gasteiger partial charge >= 0.3 is 0 Å². The average Bonchev–Trinajstić information content (AvgIpc) is 2.82. The van der Waals surface area contributed by atoms with E-state index in [1.165, 1.54) is 4.90 Å². The second-order valence-corrected chi connectivity index (χ2v) is 12.6. The number of carbonyl (C=O) groups is 2. The molecule has 1 N–H and O–H groups in total. The molecule has 3 rings (SSSR count). The van der Waals surface area contributed by atoms with E-state index in [-0.39, 0.29) is 18.5 Å². The van der Waals surface area contributed by atoms with Crippen molar-refractivity contribution in [2.45, 2.75) is 64.6 Å². The Kier molecular flexibility index (Phi) is 10.1. The summed E-state index contributed by atoms with van der Waals surface area (Å²) < 4.78 is 26.5. The summed E-state index contributed by atoms with van der Waals surface area (Å²) in [5.74, 6) is -0.876. The highest BCUT2D eigenvalue weighted by molar-refractivity contribution is 7.92. The number of benzene rings is 2. The van der Waals surface area contributed by atoms with Crippen LogP contribution >= 0.6 is 34.8 Å². The van der Waals surface area contributed by atoms with Crippen molar-refractivity contribution in [3.63, 3.8) is 0 Å². The first-order valence-electron chi connectivity index (χ1n) is 12.1. The van der Waals surface area contributed by atoms with E-state index in [0.717, 1.165) is 42.7 Å². The smallest absolute Gasteiger partial charge is 0.244 e. The third kappa shape index (κ3) is 7.76.